The summed E-state index contributed by atoms with van der Waals surface area (Å²) in [7, 11) is 0. The zero-order valence-corrected chi connectivity index (χ0v) is 10.2. The Bertz CT molecular complexity index is 349. The third-order valence-electron chi connectivity index (χ3n) is 2.25. The van der Waals surface area contributed by atoms with Crippen LogP contribution in [0.5, 0.6) is 0 Å². The van der Waals surface area contributed by atoms with Gasteiger partial charge in [0, 0.05) is 29.9 Å². The highest BCUT2D eigenvalue weighted by Crippen LogP contribution is 2.06. The summed E-state index contributed by atoms with van der Waals surface area (Å²) in [6.45, 7) is 1.01. The second-order valence-corrected chi connectivity index (χ2v) is 4.43. The second kappa shape index (κ2) is 6.80. The number of hydrogen-bond acceptors (Lipinski definition) is 2. The maximum Gasteiger partial charge on any atom is 0.250 e. The summed E-state index contributed by atoms with van der Waals surface area (Å²) in [6, 6.07) is 3.32. The quantitative estimate of drug-likeness (QED) is 0.808. The first-order chi connectivity index (χ1) is 7.24. The van der Waals surface area contributed by atoms with Crippen molar-refractivity contribution in [3.63, 3.8) is 0 Å². The molecule has 3 nitrogen and oxygen atoms in total. The van der Waals surface area contributed by atoms with Crippen molar-refractivity contribution in [2.45, 2.75) is 32.2 Å². The number of aliphatic hydroxyl groups excluding tert-OH is 1. The van der Waals surface area contributed by atoms with Gasteiger partial charge < -0.3 is 9.67 Å². The molecule has 0 bridgehead atoms. The van der Waals surface area contributed by atoms with Crippen molar-refractivity contribution in [2.75, 3.05) is 6.61 Å². The molecule has 4 heteroatoms. The zero-order valence-electron chi connectivity index (χ0n) is 8.66. The highest BCUT2D eigenvalue weighted by atomic mass is 79.9. The van der Waals surface area contributed by atoms with E-state index in [0.717, 1.165) is 36.7 Å². The van der Waals surface area contributed by atoms with Crippen molar-refractivity contribution in [1.29, 1.82) is 0 Å². The van der Waals surface area contributed by atoms with Crippen molar-refractivity contribution in [1.82, 2.24) is 4.57 Å². The number of aliphatic hydroxyl groups is 1. The van der Waals surface area contributed by atoms with Gasteiger partial charge in [-0.2, -0.15) is 0 Å². The van der Waals surface area contributed by atoms with E-state index in [1.807, 2.05) is 6.20 Å². The average Bonchev–Trinajstić information content (AvgIpc) is 2.23. The predicted molar refractivity (Wildman–Crippen MR) is 64.0 cm³/mol. The Kier molecular flexibility index (Phi) is 5.65. The number of halogens is 1. The van der Waals surface area contributed by atoms with Crippen LogP contribution >= 0.6 is 15.9 Å². The number of rotatable bonds is 6. The van der Waals surface area contributed by atoms with E-state index in [1.54, 1.807) is 16.7 Å². The summed E-state index contributed by atoms with van der Waals surface area (Å²) in [5, 5.41) is 8.60. The number of aromatic nitrogens is 1. The van der Waals surface area contributed by atoms with Crippen molar-refractivity contribution in [3.05, 3.63) is 33.2 Å². The zero-order chi connectivity index (χ0) is 11.1. The van der Waals surface area contributed by atoms with Crippen LogP contribution in [0, 0.1) is 0 Å². The monoisotopic (exact) mass is 273 g/mol. The molecular formula is C11H16BrNO2. The molecule has 0 saturated carbocycles. The largest absolute Gasteiger partial charge is 0.396 e. The molecule has 15 heavy (non-hydrogen) atoms. The van der Waals surface area contributed by atoms with E-state index in [4.69, 9.17) is 5.11 Å². The lowest BCUT2D eigenvalue weighted by molar-refractivity contribution is 0.282. The molecule has 0 atom stereocenters. The Morgan fingerprint density at radius 3 is 2.67 bits per heavy atom. The van der Waals surface area contributed by atoms with Crippen molar-refractivity contribution < 1.29 is 5.11 Å². The van der Waals surface area contributed by atoms with Crippen LogP contribution in [0.15, 0.2) is 27.6 Å². The number of pyridine rings is 1. The van der Waals surface area contributed by atoms with Gasteiger partial charge in [0.15, 0.2) is 0 Å². The van der Waals surface area contributed by atoms with Crippen LogP contribution in [0.1, 0.15) is 25.7 Å². The summed E-state index contributed by atoms with van der Waals surface area (Å²) in [6.07, 6.45) is 5.73. The van der Waals surface area contributed by atoms with Gasteiger partial charge in [-0.15, -0.1) is 0 Å². The Labute approximate surface area is 97.9 Å². The third kappa shape index (κ3) is 4.62. The van der Waals surface area contributed by atoms with Crippen LogP contribution in [0.4, 0.5) is 0 Å². The Morgan fingerprint density at radius 1 is 1.20 bits per heavy atom. The number of aryl methyl sites for hydroxylation is 1. The third-order valence-corrected chi connectivity index (χ3v) is 2.72. The van der Waals surface area contributed by atoms with Crippen LogP contribution in [0.25, 0.3) is 0 Å². The molecule has 0 aliphatic rings. The summed E-state index contributed by atoms with van der Waals surface area (Å²) in [5.74, 6) is 0. The molecule has 84 valence electrons. The topological polar surface area (TPSA) is 42.2 Å². The molecule has 1 aromatic heterocycles. The minimum atomic E-state index is 0.0420. The fourth-order valence-electron chi connectivity index (χ4n) is 1.42. The van der Waals surface area contributed by atoms with Crippen LogP contribution in [-0.4, -0.2) is 16.3 Å². The first kappa shape index (κ1) is 12.5. The molecule has 0 aliphatic carbocycles. The molecule has 0 unspecified atom stereocenters. The molecule has 1 heterocycles. The summed E-state index contributed by atoms with van der Waals surface area (Å²) < 4.78 is 2.64. The fourth-order valence-corrected chi connectivity index (χ4v) is 1.80. The minimum Gasteiger partial charge on any atom is -0.396 e. The lowest BCUT2D eigenvalue weighted by Crippen LogP contribution is -2.18. The molecule has 0 aromatic carbocycles. The van der Waals surface area contributed by atoms with Crippen molar-refractivity contribution in [2.24, 2.45) is 0 Å². The normalized spacial score (nSPS) is 10.5. The first-order valence-corrected chi connectivity index (χ1v) is 6.00. The number of unbranched alkanes of at least 4 members (excludes halogenated alkanes) is 3. The Hall–Kier alpha value is -0.610. The number of nitrogens with zero attached hydrogens (tertiary/aromatic N) is 1. The summed E-state index contributed by atoms with van der Waals surface area (Å²) in [4.78, 5) is 11.4. The summed E-state index contributed by atoms with van der Waals surface area (Å²) in [5.41, 5.74) is 0.0420. The van der Waals surface area contributed by atoms with Crippen LogP contribution in [-0.2, 0) is 6.54 Å². The molecular weight excluding hydrogens is 258 g/mol. The van der Waals surface area contributed by atoms with Gasteiger partial charge in [-0.05, 0) is 34.8 Å². The van der Waals surface area contributed by atoms with E-state index in [0.29, 0.717) is 0 Å². The number of hydrogen-bond donors (Lipinski definition) is 1. The van der Waals surface area contributed by atoms with E-state index in [1.165, 1.54) is 0 Å². The Balaban J connectivity index is 2.37. The maximum absolute atomic E-state index is 11.4. The highest BCUT2D eigenvalue weighted by Gasteiger charge is 1.96. The van der Waals surface area contributed by atoms with Gasteiger partial charge in [-0.3, -0.25) is 4.79 Å². The molecule has 1 N–H and O–H groups in total. The minimum absolute atomic E-state index is 0.0420. The van der Waals surface area contributed by atoms with Crippen LogP contribution in [0.2, 0.25) is 0 Å². The molecule has 0 aliphatic heterocycles. The molecule has 0 amide bonds. The molecule has 0 spiro atoms. The molecule has 0 saturated heterocycles. The molecule has 1 rings (SSSR count). The van der Waals surface area contributed by atoms with Gasteiger partial charge in [0.05, 0.1) is 0 Å². The molecule has 0 radical (unpaired) electrons. The van der Waals surface area contributed by atoms with Crippen molar-refractivity contribution >= 4 is 15.9 Å². The van der Waals surface area contributed by atoms with Gasteiger partial charge in [-0.25, -0.2) is 0 Å². The SMILES string of the molecule is O=c1ccc(Br)cn1CCCCCCO. The first-order valence-electron chi connectivity index (χ1n) is 5.21. The maximum atomic E-state index is 11.4. The van der Waals surface area contributed by atoms with Gasteiger partial charge in [0.1, 0.15) is 0 Å². The van der Waals surface area contributed by atoms with Gasteiger partial charge in [0.25, 0.3) is 5.56 Å². The molecule has 1 aromatic rings. The van der Waals surface area contributed by atoms with Crippen LogP contribution < -0.4 is 5.56 Å². The molecule has 0 fully saturated rings. The van der Waals surface area contributed by atoms with E-state index in [9.17, 15) is 4.79 Å². The van der Waals surface area contributed by atoms with Crippen molar-refractivity contribution in [3.8, 4) is 0 Å². The van der Waals surface area contributed by atoms with E-state index in [2.05, 4.69) is 15.9 Å². The lowest BCUT2D eigenvalue weighted by atomic mass is 10.2. The van der Waals surface area contributed by atoms with E-state index >= 15 is 0 Å². The van der Waals surface area contributed by atoms with Crippen LogP contribution in [0.3, 0.4) is 0 Å². The predicted octanol–water partition coefficient (Wildman–Crippen LogP) is 2.16. The Morgan fingerprint density at radius 2 is 1.93 bits per heavy atom. The van der Waals surface area contributed by atoms with Gasteiger partial charge in [0.2, 0.25) is 0 Å². The lowest BCUT2D eigenvalue weighted by Gasteiger charge is -2.05. The smallest absolute Gasteiger partial charge is 0.250 e. The standard InChI is InChI=1S/C11H16BrNO2/c12-10-5-6-11(15)13(9-10)7-3-1-2-4-8-14/h5-6,9,14H,1-4,7-8H2. The second-order valence-electron chi connectivity index (χ2n) is 3.52. The van der Waals surface area contributed by atoms with Gasteiger partial charge >= 0.3 is 0 Å². The van der Waals surface area contributed by atoms with E-state index < -0.39 is 0 Å². The fraction of sp³-hybridized carbons (Fsp3) is 0.545. The highest BCUT2D eigenvalue weighted by molar-refractivity contribution is 9.10. The summed E-state index contributed by atoms with van der Waals surface area (Å²) >= 11 is 3.34. The van der Waals surface area contributed by atoms with Gasteiger partial charge in [-0.1, -0.05) is 12.8 Å². The average molecular weight is 274 g/mol. The van der Waals surface area contributed by atoms with E-state index in [-0.39, 0.29) is 12.2 Å².